The molecule has 0 aliphatic carbocycles. The monoisotopic (exact) mass is 268 g/mol. The summed E-state index contributed by atoms with van der Waals surface area (Å²) in [7, 11) is 0. The van der Waals surface area contributed by atoms with Crippen LogP contribution in [0.2, 0.25) is 0 Å². The summed E-state index contributed by atoms with van der Waals surface area (Å²) in [6, 6.07) is 0. The maximum atomic E-state index is 12.1. The van der Waals surface area contributed by atoms with Crippen LogP contribution in [0.15, 0.2) is 11.6 Å². The molecule has 0 fully saturated rings. The van der Waals surface area contributed by atoms with Crippen molar-refractivity contribution >= 4 is 5.97 Å². The maximum absolute atomic E-state index is 12.1. The topological polar surface area (TPSA) is 26.3 Å². The molecule has 0 aromatic carbocycles. The molecule has 0 saturated carbocycles. The van der Waals surface area contributed by atoms with Gasteiger partial charge < -0.3 is 4.74 Å². The van der Waals surface area contributed by atoms with Gasteiger partial charge in [-0.15, -0.1) is 0 Å². The second-order valence-electron chi connectivity index (χ2n) is 6.06. The summed E-state index contributed by atoms with van der Waals surface area (Å²) >= 11 is 0. The number of unbranched alkanes of at least 4 members (excludes halogenated alkanes) is 1. The van der Waals surface area contributed by atoms with Crippen molar-refractivity contribution in [3.05, 3.63) is 11.6 Å². The molecule has 2 atom stereocenters. The van der Waals surface area contributed by atoms with Crippen molar-refractivity contribution in [3.8, 4) is 0 Å². The minimum Gasteiger partial charge on any atom is -0.465 e. The standard InChI is InChI=1S/C17H32O2/c1-7-9-10-15(8-2)12-19-17(18)16(14(5)6)11-13(3)4/h11,14-16H,7-10,12H2,1-6H3. The van der Waals surface area contributed by atoms with Crippen LogP contribution in [-0.4, -0.2) is 12.6 Å². The van der Waals surface area contributed by atoms with Crippen molar-refractivity contribution < 1.29 is 9.53 Å². The Kier molecular flexibility index (Phi) is 9.63. The summed E-state index contributed by atoms with van der Waals surface area (Å²) in [4.78, 5) is 12.1. The molecule has 2 unspecified atom stereocenters. The average molecular weight is 268 g/mol. The van der Waals surface area contributed by atoms with Gasteiger partial charge in [0.25, 0.3) is 0 Å². The molecule has 0 aliphatic heterocycles. The van der Waals surface area contributed by atoms with Crippen molar-refractivity contribution in [2.45, 2.75) is 67.2 Å². The molecular weight excluding hydrogens is 236 g/mol. The lowest BCUT2D eigenvalue weighted by atomic mass is 9.94. The van der Waals surface area contributed by atoms with E-state index in [-0.39, 0.29) is 17.8 Å². The van der Waals surface area contributed by atoms with Gasteiger partial charge >= 0.3 is 5.97 Å². The molecule has 0 N–H and O–H groups in total. The highest BCUT2D eigenvalue weighted by Crippen LogP contribution is 2.19. The molecule has 0 saturated heterocycles. The SMILES string of the molecule is CCCCC(CC)COC(=O)C(C=C(C)C)C(C)C. The summed E-state index contributed by atoms with van der Waals surface area (Å²) in [6.45, 7) is 13.1. The Morgan fingerprint density at radius 2 is 1.84 bits per heavy atom. The van der Waals surface area contributed by atoms with Crippen LogP contribution in [-0.2, 0) is 9.53 Å². The zero-order valence-electron chi connectivity index (χ0n) is 13.7. The van der Waals surface area contributed by atoms with Crippen molar-refractivity contribution in [3.63, 3.8) is 0 Å². The van der Waals surface area contributed by atoms with Crippen LogP contribution in [0.25, 0.3) is 0 Å². The number of carbonyl (C=O) groups excluding carboxylic acids is 1. The molecule has 0 aliphatic rings. The molecule has 19 heavy (non-hydrogen) atoms. The van der Waals surface area contributed by atoms with E-state index in [0.717, 1.165) is 12.8 Å². The van der Waals surface area contributed by atoms with E-state index in [9.17, 15) is 4.79 Å². The Labute approximate surface area is 119 Å². The molecule has 2 nitrogen and oxygen atoms in total. The smallest absolute Gasteiger partial charge is 0.313 e. The van der Waals surface area contributed by atoms with Gasteiger partial charge in [0, 0.05) is 0 Å². The summed E-state index contributed by atoms with van der Waals surface area (Å²) < 4.78 is 5.53. The molecule has 0 aromatic heterocycles. The predicted molar refractivity (Wildman–Crippen MR) is 82.0 cm³/mol. The van der Waals surface area contributed by atoms with Gasteiger partial charge in [0.1, 0.15) is 0 Å². The van der Waals surface area contributed by atoms with E-state index in [0.29, 0.717) is 12.5 Å². The lowest BCUT2D eigenvalue weighted by Gasteiger charge is -2.19. The highest BCUT2D eigenvalue weighted by molar-refractivity contribution is 5.74. The summed E-state index contributed by atoms with van der Waals surface area (Å²) in [5.74, 6) is 0.640. The number of allylic oxidation sites excluding steroid dienone is 1. The van der Waals surface area contributed by atoms with E-state index in [1.54, 1.807) is 0 Å². The van der Waals surface area contributed by atoms with Gasteiger partial charge in [-0.25, -0.2) is 0 Å². The van der Waals surface area contributed by atoms with Crippen LogP contribution in [0.4, 0.5) is 0 Å². The molecule has 0 bridgehead atoms. The first-order valence-electron chi connectivity index (χ1n) is 7.73. The Balaban J connectivity index is 4.36. The molecular formula is C17H32O2. The summed E-state index contributed by atoms with van der Waals surface area (Å²) in [5, 5.41) is 0. The minimum absolute atomic E-state index is 0.0638. The zero-order valence-corrected chi connectivity index (χ0v) is 13.7. The number of ether oxygens (including phenoxy) is 1. The van der Waals surface area contributed by atoms with Gasteiger partial charge in [-0.1, -0.05) is 58.6 Å². The van der Waals surface area contributed by atoms with Crippen LogP contribution < -0.4 is 0 Å². The number of hydrogen-bond donors (Lipinski definition) is 0. The van der Waals surface area contributed by atoms with Crippen molar-refractivity contribution in [2.24, 2.45) is 17.8 Å². The number of carbonyl (C=O) groups is 1. The van der Waals surface area contributed by atoms with Crippen LogP contribution in [0.5, 0.6) is 0 Å². The van der Waals surface area contributed by atoms with Crippen LogP contribution in [0.3, 0.4) is 0 Å². The van der Waals surface area contributed by atoms with E-state index >= 15 is 0 Å². The van der Waals surface area contributed by atoms with Gasteiger partial charge in [-0.2, -0.15) is 0 Å². The van der Waals surface area contributed by atoms with Crippen molar-refractivity contribution in [1.29, 1.82) is 0 Å². The van der Waals surface area contributed by atoms with Gasteiger partial charge in [0.2, 0.25) is 0 Å². The molecule has 112 valence electrons. The first-order valence-corrected chi connectivity index (χ1v) is 7.73. The van der Waals surface area contributed by atoms with E-state index in [2.05, 4.69) is 27.7 Å². The van der Waals surface area contributed by atoms with Crippen LogP contribution in [0, 0.1) is 17.8 Å². The largest absolute Gasteiger partial charge is 0.465 e. The van der Waals surface area contributed by atoms with Gasteiger partial charge in [-0.3, -0.25) is 4.79 Å². The summed E-state index contributed by atoms with van der Waals surface area (Å²) in [6.07, 6.45) is 6.70. The minimum atomic E-state index is -0.103. The zero-order chi connectivity index (χ0) is 14.8. The second-order valence-corrected chi connectivity index (χ2v) is 6.06. The number of esters is 1. The first-order chi connectivity index (χ1) is 8.92. The third-order valence-electron chi connectivity index (χ3n) is 3.51. The number of hydrogen-bond acceptors (Lipinski definition) is 2. The van der Waals surface area contributed by atoms with Gasteiger partial charge in [0.05, 0.1) is 12.5 Å². The van der Waals surface area contributed by atoms with Gasteiger partial charge in [-0.05, 0) is 32.1 Å². The van der Waals surface area contributed by atoms with Crippen molar-refractivity contribution in [1.82, 2.24) is 0 Å². The van der Waals surface area contributed by atoms with E-state index in [1.807, 2.05) is 19.9 Å². The fraction of sp³-hybridized carbons (Fsp3) is 0.824. The highest BCUT2D eigenvalue weighted by Gasteiger charge is 2.22. The van der Waals surface area contributed by atoms with Crippen LogP contribution in [0.1, 0.15) is 67.2 Å². The number of rotatable bonds is 9. The molecule has 0 spiro atoms. The normalized spacial score (nSPS) is 14.1. The Morgan fingerprint density at radius 3 is 2.26 bits per heavy atom. The Morgan fingerprint density at radius 1 is 1.21 bits per heavy atom. The average Bonchev–Trinajstić information content (AvgIpc) is 2.35. The van der Waals surface area contributed by atoms with E-state index < -0.39 is 0 Å². The van der Waals surface area contributed by atoms with Gasteiger partial charge in [0.15, 0.2) is 0 Å². The lowest BCUT2D eigenvalue weighted by molar-refractivity contribution is -0.149. The Bertz CT molecular complexity index is 275. The predicted octanol–water partition coefficient (Wildman–Crippen LogP) is 4.98. The molecule has 0 heterocycles. The molecule has 0 amide bonds. The molecule has 0 aromatic rings. The lowest BCUT2D eigenvalue weighted by Crippen LogP contribution is -2.24. The molecule has 0 rings (SSSR count). The third kappa shape index (κ3) is 8.07. The van der Waals surface area contributed by atoms with Crippen LogP contribution >= 0.6 is 0 Å². The fourth-order valence-corrected chi connectivity index (χ4v) is 2.09. The molecule has 0 radical (unpaired) electrons. The quantitative estimate of drug-likeness (QED) is 0.435. The molecule has 2 heteroatoms. The third-order valence-corrected chi connectivity index (χ3v) is 3.51. The Hall–Kier alpha value is -0.790. The fourth-order valence-electron chi connectivity index (χ4n) is 2.09. The summed E-state index contributed by atoms with van der Waals surface area (Å²) in [5.41, 5.74) is 1.17. The van der Waals surface area contributed by atoms with E-state index in [1.165, 1.54) is 18.4 Å². The maximum Gasteiger partial charge on any atom is 0.313 e. The van der Waals surface area contributed by atoms with Crippen molar-refractivity contribution in [2.75, 3.05) is 6.61 Å². The van der Waals surface area contributed by atoms with E-state index in [4.69, 9.17) is 4.74 Å². The second kappa shape index (κ2) is 10.1. The first kappa shape index (κ1) is 18.2. The highest BCUT2D eigenvalue weighted by atomic mass is 16.5.